The molecule has 0 spiro atoms. The Morgan fingerprint density at radius 2 is 1.53 bits per heavy atom. The SMILES string of the molecule is O=c1[nH]c(=S)[nH]c(O)c1C1c2c([nH]c(=S)[nH]c2=O)Oc2c1c(=O)oc1ccccc21. The van der Waals surface area contributed by atoms with Gasteiger partial charge in [-0.25, -0.2) is 4.79 Å². The van der Waals surface area contributed by atoms with Gasteiger partial charge in [0.15, 0.2) is 21.2 Å². The van der Waals surface area contributed by atoms with E-state index < -0.39 is 28.5 Å². The summed E-state index contributed by atoms with van der Waals surface area (Å²) in [6.07, 6.45) is 0. The predicted octanol–water partition coefficient (Wildman–Crippen LogP) is 2.28. The van der Waals surface area contributed by atoms with Crippen molar-refractivity contribution in [1.29, 1.82) is 0 Å². The number of ether oxygens (including phenoxy) is 1. The summed E-state index contributed by atoms with van der Waals surface area (Å²) in [4.78, 5) is 48.3. The minimum absolute atomic E-state index is 0.0150. The van der Waals surface area contributed by atoms with Gasteiger partial charge in [-0.2, -0.15) is 0 Å². The Morgan fingerprint density at radius 3 is 2.27 bits per heavy atom. The average Bonchev–Trinajstić information content (AvgIpc) is 2.66. The molecule has 3 aromatic heterocycles. The summed E-state index contributed by atoms with van der Waals surface area (Å²) in [6.45, 7) is 0. The molecule has 0 radical (unpaired) electrons. The van der Waals surface area contributed by atoms with E-state index in [0.29, 0.717) is 5.39 Å². The maximum atomic E-state index is 12.9. The Kier molecular flexibility index (Phi) is 3.88. The van der Waals surface area contributed by atoms with Crippen LogP contribution in [0.4, 0.5) is 0 Å². The van der Waals surface area contributed by atoms with Gasteiger partial charge in [0.25, 0.3) is 11.1 Å². The molecule has 0 saturated carbocycles. The Bertz CT molecular complexity index is 1630. The molecule has 0 aliphatic carbocycles. The number of hydrogen-bond donors (Lipinski definition) is 5. The number of fused-ring (bicyclic) bond motifs is 4. The van der Waals surface area contributed by atoms with Crippen LogP contribution in [0.3, 0.4) is 0 Å². The standard InChI is InChI=1S/C18H10N4O6S2/c23-12-9(13(24)20-17(29)19-12)7-8-11(5-3-1-2-4-6(5)27-16(8)26)28-15-10(7)14(25)21-18(30)22-15/h1-4,7H,(H2,21,22,25,30)(H3,19,20,23,24,29). The zero-order valence-electron chi connectivity index (χ0n) is 14.7. The molecule has 0 bridgehead atoms. The summed E-state index contributed by atoms with van der Waals surface area (Å²) in [6, 6.07) is 6.62. The highest BCUT2D eigenvalue weighted by molar-refractivity contribution is 7.71. The first-order chi connectivity index (χ1) is 14.3. The summed E-state index contributed by atoms with van der Waals surface area (Å²) < 4.78 is 11.1. The quantitative estimate of drug-likeness (QED) is 0.195. The Hall–Kier alpha value is -3.77. The number of aromatic nitrogens is 4. The van der Waals surface area contributed by atoms with Crippen LogP contribution in [0, 0.1) is 9.54 Å². The van der Waals surface area contributed by atoms with Crippen LogP contribution in [-0.2, 0) is 0 Å². The topological polar surface area (TPSA) is 157 Å². The number of rotatable bonds is 1. The van der Waals surface area contributed by atoms with Crippen LogP contribution < -0.4 is 21.5 Å². The lowest BCUT2D eigenvalue weighted by Crippen LogP contribution is -2.31. The molecule has 1 atom stereocenters. The van der Waals surface area contributed by atoms with Gasteiger partial charge in [0.05, 0.1) is 28.0 Å². The first-order valence-electron chi connectivity index (χ1n) is 8.50. The van der Waals surface area contributed by atoms with E-state index in [-0.39, 0.29) is 43.4 Å². The van der Waals surface area contributed by atoms with Gasteiger partial charge in [-0.15, -0.1) is 0 Å². The lowest BCUT2D eigenvalue weighted by Gasteiger charge is -2.26. The molecular weight excluding hydrogens is 432 g/mol. The fourth-order valence-electron chi connectivity index (χ4n) is 3.60. The van der Waals surface area contributed by atoms with E-state index in [1.165, 1.54) is 0 Å². The summed E-state index contributed by atoms with van der Waals surface area (Å²) in [7, 11) is 0. The molecule has 5 rings (SSSR count). The molecule has 5 N–H and O–H groups in total. The second-order valence-corrected chi connectivity index (χ2v) is 7.30. The second kappa shape index (κ2) is 6.37. The molecule has 0 amide bonds. The van der Waals surface area contributed by atoms with E-state index in [2.05, 4.69) is 19.9 Å². The van der Waals surface area contributed by atoms with Crippen molar-refractivity contribution < 1.29 is 14.3 Å². The normalized spacial score (nSPS) is 14.7. The molecule has 0 fully saturated rings. The van der Waals surface area contributed by atoms with Crippen molar-refractivity contribution in [3.05, 3.63) is 81.6 Å². The molecule has 0 saturated heterocycles. The van der Waals surface area contributed by atoms with Crippen LogP contribution in [0.5, 0.6) is 17.5 Å². The van der Waals surface area contributed by atoms with E-state index in [9.17, 15) is 19.5 Å². The van der Waals surface area contributed by atoms with E-state index >= 15 is 0 Å². The number of aromatic amines is 4. The maximum Gasteiger partial charge on any atom is 0.344 e. The van der Waals surface area contributed by atoms with Crippen molar-refractivity contribution in [2.45, 2.75) is 5.92 Å². The molecule has 1 unspecified atom stereocenters. The van der Waals surface area contributed by atoms with Gasteiger partial charge in [-0.05, 0) is 36.6 Å². The van der Waals surface area contributed by atoms with Crippen molar-refractivity contribution in [2.24, 2.45) is 0 Å². The Morgan fingerprint density at radius 1 is 0.867 bits per heavy atom. The number of hydrogen-bond acceptors (Lipinski definition) is 8. The number of benzene rings is 1. The van der Waals surface area contributed by atoms with E-state index in [1.54, 1.807) is 24.3 Å². The summed E-state index contributed by atoms with van der Waals surface area (Å²) in [5, 5.41) is 10.9. The van der Waals surface area contributed by atoms with Crippen LogP contribution in [0.25, 0.3) is 11.0 Å². The van der Waals surface area contributed by atoms with E-state index in [1.807, 2.05) is 0 Å². The van der Waals surface area contributed by atoms with Gasteiger partial charge in [-0.3, -0.25) is 19.6 Å². The third-order valence-electron chi connectivity index (χ3n) is 4.77. The highest BCUT2D eigenvalue weighted by Gasteiger charge is 2.39. The van der Waals surface area contributed by atoms with Crippen LogP contribution >= 0.6 is 24.4 Å². The number of aromatic hydroxyl groups is 1. The molecule has 30 heavy (non-hydrogen) atoms. The number of para-hydroxylation sites is 1. The van der Waals surface area contributed by atoms with Crippen LogP contribution in [0.1, 0.15) is 22.6 Å². The molecule has 1 aromatic carbocycles. The van der Waals surface area contributed by atoms with Crippen molar-refractivity contribution in [1.82, 2.24) is 19.9 Å². The lowest BCUT2D eigenvalue weighted by atomic mass is 9.85. The van der Waals surface area contributed by atoms with Crippen molar-refractivity contribution in [2.75, 3.05) is 0 Å². The van der Waals surface area contributed by atoms with Crippen LogP contribution in [-0.4, -0.2) is 25.0 Å². The highest BCUT2D eigenvalue weighted by atomic mass is 32.1. The third kappa shape index (κ3) is 2.58. The molecule has 1 aliphatic heterocycles. The first-order valence-corrected chi connectivity index (χ1v) is 9.32. The van der Waals surface area contributed by atoms with Gasteiger partial charge in [0, 0.05) is 0 Å². The van der Waals surface area contributed by atoms with Gasteiger partial charge in [0.1, 0.15) is 5.58 Å². The summed E-state index contributed by atoms with van der Waals surface area (Å²) in [5.74, 6) is -1.90. The fraction of sp³-hybridized carbons (Fsp3) is 0.0556. The molecular formula is C18H10N4O6S2. The minimum atomic E-state index is -1.32. The highest BCUT2D eigenvalue weighted by Crippen LogP contribution is 2.46. The Balaban J connectivity index is 2.00. The minimum Gasteiger partial charge on any atom is -0.494 e. The lowest BCUT2D eigenvalue weighted by molar-refractivity contribution is 0.409. The van der Waals surface area contributed by atoms with Gasteiger partial charge >= 0.3 is 5.63 Å². The van der Waals surface area contributed by atoms with Crippen LogP contribution in [0.2, 0.25) is 0 Å². The smallest absolute Gasteiger partial charge is 0.344 e. The van der Waals surface area contributed by atoms with Gasteiger partial charge < -0.3 is 24.2 Å². The largest absolute Gasteiger partial charge is 0.494 e. The van der Waals surface area contributed by atoms with Crippen molar-refractivity contribution in [3.63, 3.8) is 0 Å². The van der Waals surface area contributed by atoms with E-state index in [0.717, 1.165) is 0 Å². The summed E-state index contributed by atoms with van der Waals surface area (Å²) in [5.41, 5.74) is -2.60. The van der Waals surface area contributed by atoms with Crippen LogP contribution in [0.15, 0.2) is 43.1 Å². The fourth-order valence-corrected chi connectivity index (χ4v) is 3.97. The van der Waals surface area contributed by atoms with Crippen molar-refractivity contribution >= 4 is 35.4 Å². The maximum absolute atomic E-state index is 12.9. The number of H-pyrrole nitrogens is 4. The average molecular weight is 442 g/mol. The molecule has 4 heterocycles. The zero-order valence-corrected chi connectivity index (χ0v) is 16.3. The van der Waals surface area contributed by atoms with E-state index in [4.69, 9.17) is 33.6 Å². The molecule has 4 aromatic rings. The predicted molar refractivity (Wildman–Crippen MR) is 110 cm³/mol. The monoisotopic (exact) mass is 442 g/mol. The number of nitrogens with one attached hydrogen (secondary N) is 4. The second-order valence-electron chi connectivity index (χ2n) is 6.49. The molecule has 150 valence electrons. The van der Waals surface area contributed by atoms with Gasteiger partial charge in [-0.1, -0.05) is 12.1 Å². The first kappa shape index (κ1) is 18.3. The Labute approximate surface area is 174 Å². The summed E-state index contributed by atoms with van der Waals surface area (Å²) >= 11 is 9.89. The molecule has 1 aliphatic rings. The third-order valence-corrected chi connectivity index (χ3v) is 5.18. The molecule has 12 heteroatoms. The zero-order chi connectivity index (χ0) is 21.2. The molecule has 10 nitrogen and oxygen atoms in total. The van der Waals surface area contributed by atoms with Crippen molar-refractivity contribution in [3.8, 4) is 17.5 Å². The van der Waals surface area contributed by atoms with Gasteiger partial charge in [0.2, 0.25) is 5.88 Å².